The number of thiophene rings is 1. The van der Waals surface area contributed by atoms with Gasteiger partial charge >= 0.3 is 5.69 Å². The van der Waals surface area contributed by atoms with Crippen molar-refractivity contribution in [3.63, 3.8) is 0 Å². The van der Waals surface area contributed by atoms with Gasteiger partial charge in [0.2, 0.25) is 5.91 Å². The number of fused-ring (bicyclic) bond motifs is 1. The van der Waals surface area contributed by atoms with E-state index in [0.29, 0.717) is 42.6 Å². The molecule has 0 unspecified atom stereocenters. The van der Waals surface area contributed by atoms with E-state index in [9.17, 15) is 14.4 Å². The Hall–Kier alpha value is -1.93. The summed E-state index contributed by atoms with van der Waals surface area (Å²) in [6.07, 6.45) is 3.82. The zero-order valence-corrected chi connectivity index (χ0v) is 14.2. The smallest absolute Gasteiger partial charge is 0.328 e. The van der Waals surface area contributed by atoms with Crippen molar-refractivity contribution < 1.29 is 9.53 Å². The number of rotatable bonds is 7. The molecule has 0 aliphatic carbocycles. The number of H-pyrrole nitrogens is 1. The summed E-state index contributed by atoms with van der Waals surface area (Å²) < 4.78 is 7.22. The van der Waals surface area contributed by atoms with Gasteiger partial charge in [0.15, 0.2) is 0 Å². The summed E-state index contributed by atoms with van der Waals surface area (Å²) in [5.41, 5.74) is -0.0694. The van der Waals surface area contributed by atoms with Gasteiger partial charge < -0.3 is 15.0 Å². The molecule has 3 heterocycles. The first kappa shape index (κ1) is 16.9. The third-order valence-electron chi connectivity index (χ3n) is 4.18. The van der Waals surface area contributed by atoms with Gasteiger partial charge in [-0.3, -0.25) is 14.2 Å². The normalized spacial score (nSPS) is 17.4. The van der Waals surface area contributed by atoms with Crippen LogP contribution in [0.5, 0.6) is 0 Å². The standard InChI is InChI=1S/C16H21N3O4S/c20-13(17-10-11-4-3-8-23-11)5-1-2-7-19-15(21)14-12(6-9-24-14)18-16(19)22/h6,9,11H,1-5,7-8,10H2,(H,17,20)(H,18,22)/t11-/m1/s1. The molecule has 2 aromatic rings. The van der Waals surface area contributed by atoms with E-state index < -0.39 is 5.69 Å². The Labute approximate surface area is 142 Å². The molecule has 3 rings (SSSR count). The van der Waals surface area contributed by atoms with Crippen LogP contribution < -0.4 is 16.6 Å². The largest absolute Gasteiger partial charge is 0.376 e. The quantitative estimate of drug-likeness (QED) is 0.734. The van der Waals surface area contributed by atoms with E-state index in [2.05, 4.69) is 10.3 Å². The summed E-state index contributed by atoms with van der Waals surface area (Å²) in [7, 11) is 0. The van der Waals surface area contributed by atoms with E-state index in [1.165, 1.54) is 15.9 Å². The molecule has 2 N–H and O–H groups in total. The lowest BCUT2D eigenvalue weighted by atomic mass is 10.2. The van der Waals surface area contributed by atoms with Crippen molar-refractivity contribution in [2.75, 3.05) is 13.2 Å². The number of unbranched alkanes of at least 4 members (excludes halogenated alkanes) is 1. The second-order valence-electron chi connectivity index (χ2n) is 5.95. The number of carbonyl (C=O) groups is 1. The minimum absolute atomic E-state index is 0.0135. The van der Waals surface area contributed by atoms with Crippen LogP contribution >= 0.6 is 11.3 Å². The minimum Gasteiger partial charge on any atom is -0.376 e. The Bertz CT molecular complexity index is 817. The Morgan fingerprint density at radius 1 is 1.42 bits per heavy atom. The summed E-state index contributed by atoms with van der Waals surface area (Å²) in [4.78, 5) is 38.7. The molecule has 0 radical (unpaired) electrons. The van der Waals surface area contributed by atoms with Gasteiger partial charge in [0.25, 0.3) is 5.56 Å². The highest BCUT2D eigenvalue weighted by Crippen LogP contribution is 2.12. The van der Waals surface area contributed by atoms with Crippen LogP contribution in [0.2, 0.25) is 0 Å². The van der Waals surface area contributed by atoms with Gasteiger partial charge in [-0.25, -0.2) is 4.79 Å². The van der Waals surface area contributed by atoms with Crippen molar-refractivity contribution in [1.29, 1.82) is 0 Å². The predicted octanol–water partition coefficient (Wildman–Crippen LogP) is 1.22. The van der Waals surface area contributed by atoms with E-state index in [1.807, 2.05) is 0 Å². The molecule has 130 valence electrons. The van der Waals surface area contributed by atoms with E-state index in [0.717, 1.165) is 19.4 Å². The number of hydrogen-bond donors (Lipinski definition) is 2. The van der Waals surface area contributed by atoms with Gasteiger partial charge in [0.1, 0.15) is 4.70 Å². The van der Waals surface area contributed by atoms with E-state index in [1.54, 1.807) is 11.4 Å². The molecular weight excluding hydrogens is 330 g/mol. The third kappa shape index (κ3) is 3.93. The Morgan fingerprint density at radius 3 is 3.08 bits per heavy atom. The van der Waals surface area contributed by atoms with Crippen molar-refractivity contribution in [3.05, 3.63) is 32.3 Å². The lowest BCUT2D eigenvalue weighted by Crippen LogP contribution is -2.34. The van der Waals surface area contributed by atoms with E-state index in [-0.39, 0.29) is 17.6 Å². The van der Waals surface area contributed by atoms with Gasteiger partial charge in [0, 0.05) is 26.1 Å². The molecule has 0 aromatic carbocycles. The average molecular weight is 351 g/mol. The topological polar surface area (TPSA) is 93.2 Å². The highest BCUT2D eigenvalue weighted by atomic mass is 32.1. The summed E-state index contributed by atoms with van der Waals surface area (Å²) in [5.74, 6) is -0.0135. The molecule has 0 bridgehead atoms. The van der Waals surface area contributed by atoms with E-state index >= 15 is 0 Å². The average Bonchev–Trinajstić information content (AvgIpc) is 3.23. The van der Waals surface area contributed by atoms with Gasteiger partial charge in [0.05, 0.1) is 11.6 Å². The first-order chi connectivity index (χ1) is 11.6. The van der Waals surface area contributed by atoms with Crippen LogP contribution in [0.15, 0.2) is 21.0 Å². The molecule has 8 heteroatoms. The Morgan fingerprint density at radius 2 is 2.29 bits per heavy atom. The molecule has 1 atom stereocenters. The summed E-state index contributed by atoms with van der Waals surface area (Å²) >= 11 is 1.32. The fourth-order valence-electron chi connectivity index (χ4n) is 2.85. The van der Waals surface area contributed by atoms with Crippen molar-refractivity contribution >= 4 is 27.5 Å². The zero-order valence-electron chi connectivity index (χ0n) is 13.4. The number of nitrogens with one attached hydrogen (secondary N) is 2. The lowest BCUT2D eigenvalue weighted by Gasteiger charge is -2.10. The van der Waals surface area contributed by atoms with Crippen LogP contribution in [-0.4, -0.2) is 34.7 Å². The number of carbonyl (C=O) groups excluding carboxylic acids is 1. The number of aromatic nitrogens is 2. The van der Waals surface area contributed by atoms with Gasteiger partial charge in [-0.2, -0.15) is 0 Å². The Balaban J connectivity index is 1.45. The number of nitrogens with zero attached hydrogens (tertiary/aromatic N) is 1. The Kier molecular flexibility index (Phi) is 5.47. The molecule has 2 aromatic heterocycles. The maximum absolute atomic E-state index is 12.2. The van der Waals surface area contributed by atoms with Crippen LogP contribution in [-0.2, 0) is 16.1 Å². The summed E-state index contributed by atoms with van der Waals surface area (Å²) in [6, 6.07) is 1.73. The van der Waals surface area contributed by atoms with Crippen LogP contribution in [0.1, 0.15) is 32.1 Å². The second-order valence-corrected chi connectivity index (χ2v) is 6.86. The molecule has 1 fully saturated rings. The van der Waals surface area contributed by atoms with Crippen LogP contribution in [0, 0.1) is 0 Å². The van der Waals surface area contributed by atoms with Gasteiger partial charge in [-0.1, -0.05) is 0 Å². The first-order valence-corrected chi connectivity index (χ1v) is 9.12. The summed E-state index contributed by atoms with van der Waals surface area (Å²) in [5, 5.41) is 4.65. The zero-order chi connectivity index (χ0) is 16.9. The highest BCUT2D eigenvalue weighted by Gasteiger charge is 2.16. The van der Waals surface area contributed by atoms with Crippen molar-refractivity contribution in [1.82, 2.24) is 14.9 Å². The molecule has 0 spiro atoms. The van der Waals surface area contributed by atoms with E-state index in [4.69, 9.17) is 4.74 Å². The molecular formula is C16H21N3O4S. The number of ether oxygens (including phenoxy) is 1. The van der Waals surface area contributed by atoms with Crippen molar-refractivity contribution in [3.8, 4) is 0 Å². The number of amides is 1. The number of hydrogen-bond acceptors (Lipinski definition) is 5. The molecule has 1 aliphatic rings. The molecule has 1 saturated heterocycles. The maximum Gasteiger partial charge on any atom is 0.328 e. The molecule has 24 heavy (non-hydrogen) atoms. The molecule has 7 nitrogen and oxygen atoms in total. The SMILES string of the molecule is O=C(CCCCn1c(=O)[nH]c2ccsc2c1=O)NC[C@H]1CCCO1. The monoisotopic (exact) mass is 351 g/mol. The predicted molar refractivity (Wildman–Crippen MR) is 92.5 cm³/mol. The van der Waals surface area contributed by atoms with Crippen LogP contribution in [0.25, 0.3) is 10.2 Å². The molecule has 1 amide bonds. The van der Waals surface area contributed by atoms with Crippen LogP contribution in [0.3, 0.4) is 0 Å². The second kappa shape index (κ2) is 7.76. The van der Waals surface area contributed by atoms with Crippen molar-refractivity contribution in [2.45, 2.75) is 44.8 Å². The third-order valence-corrected chi connectivity index (χ3v) is 5.08. The first-order valence-electron chi connectivity index (χ1n) is 8.24. The maximum atomic E-state index is 12.2. The minimum atomic E-state index is -0.395. The lowest BCUT2D eigenvalue weighted by molar-refractivity contribution is -0.121. The molecule has 1 aliphatic heterocycles. The number of aromatic amines is 1. The highest BCUT2D eigenvalue weighted by molar-refractivity contribution is 7.17. The van der Waals surface area contributed by atoms with Gasteiger partial charge in [-0.05, 0) is 37.1 Å². The summed E-state index contributed by atoms with van der Waals surface area (Å²) in [6.45, 7) is 1.66. The van der Waals surface area contributed by atoms with Gasteiger partial charge in [-0.15, -0.1) is 11.3 Å². The van der Waals surface area contributed by atoms with Crippen LogP contribution in [0.4, 0.5) is 0 Å². The fraction of sp³-hybridized carbons (Fsp3) is 0.562. The van der Waals surface area contributed by atoms with Crippen molar-refractivity contribution in [2.24, 2.45) is 0 Å². The fourth-order valence-corrected chi connectivity index (χ4v) is 3.65. The molecule has 0 saturated carbocycles.